The van der Waals surface area contributed by atoms with Gasteiger partial charge in [-0.1, -0.05) is 0 Å². The van der Waals surface area contributed by atoms with E-state index in [4.69, 9.17) is 4.74 Å². The van der Waals surface area contributed by atoms with E-state index in [-0.39, 0.29) is 24.1 Å². The molecule has 2 rings (SSSR count). The lowest BCUT2D eigenvalue weighted by atomic mass is 10.2. The van der Waals surface area contributed by atoms with Crippen LogP contribution in [-0.4, -0.2) is 38.3 Å². The van der Waals surface area contributed by atoms with Gasteiger partial charge < -0.3 is 20.1 Å². The van der Waals surface area contributed by atoms with Gasteiger partial charge in [-0.2, -0.15) is 8.78 Å². The number of rotatable bonds is 5. The molecule has 1 fully saturated rings. The third-order valence-corrected chi connectivity index (χ3v) is 2.86. The zero-order valence-electron chi connectivity index (χ0n) is 11.1. The fraction of sp³-hybridized carbons (Fsp3) is 0.462. The van der Waals surface area contributed by atoms with Crippen molar-refractivity contribution in [2.45, 2.75) is 19.1 Å². The van der Waals surface area contributed by atoms with Crippen LogP contribution in [0.3, 0.4) is 0 Å². The van der Waals surface area contributed by atoms with Crippen LogP contribution in [-0.2, 0) is 9.53 Å². The molecule has 1 heterocycles. The van der Waals surface area contributed by atoms with Gasteiger partial charge in [0.15, 0.2) is 11.6 Å². The maximum atomic E-state index is 13.5. The maximum absolute atomic E-state index is 13.5. The van der Waals surface area contributed by atoms with Crippen molar-refractivity contribution in [1.29, 1.82) is 0 Å². The Bertz CT molecular complexity index is 494. The normalized spacial score (nSPS) is 18.6. The van der Waals surface area contributed by atoms with Gasteiger partial charge in [0.05, 0.1) is 13.2 Å². The number of benzene rings is 1. The standard InChI is InChI=1S/C13H15F3N2O3/c14-10-5-8(1-2-11(10)21-13(15)16)18-12(19)6-9-7-20-4-3-17-9/h1-2,5,9,13,17H,3-4,6-7H2,(H,18,19). The molecule has 2 N–H and O–H groups in total. The molecule has 1 saturated heterocycles. The first-order valence-corrected chi connectivity index (χ1v) is 6.40. The van der Waals surface area contributed by atoms with Crippen molar-refractivity contribution in [3.05, 3.63) is 24.0 Å². The number of morpholine rings is 1. The summed E-state index contributed by atoms with van der Waals surface area (Å²) in [5.41, 5.74) is 0.177. The molecule has 0 bridgehead atoms. The molecule has 0 aromatic heterocycles. The molecule has 0 aliphatic carbocycles. The van der Waals surface area contributed by atoms with E-state index >= 15 is 0 Å². The number of amides is 1. The first-order valence-electron chi connectivity index (χ1n) is 6.40. The zero-order valence-corrected chi connectivity index (χ0v) is 11.1. The molecular weight excluding hydrogens is 289 g/mol. The summed E-state index contributed by atoms with van der Waals surface area (Å²) in [5, 5.41) is 5.61. The zero-order chi connectivity index (χ0) is 15.2. The minimum Gasteiger partial charge on any atom is -0.432 e. The average Bonchev–Trinajstić information content (AvgIpc) is 2.42. The Labute approximate surface area is 119 Å². The summed E-state index contributed by atoms with van der Waals surface area (Å²) in [6, 6.07) is 3.17. The van der Waals surface area contributed by atoms with Crippen LogP contribution in [0.5, 0.6) is 5.75 Å². The summed E-state index contributed by atoms with van der Waals surface area (Å²) in [6.07, 6.45) is 0.177. The third-order valence-electron chi connectivity index (χ3n) is 2.86. The lowest BCUT2D eigenvalue weighted by molar-refractivity contribution is -0.117. The van der Waals surface area contributed by atoms with Crippen molar-refractivity contribution < 1.29 is 27.4 Å². The number of halogens is 3. The second-order valence-electron chi connectivity index (χ2n) is 4.50. The Morgan fingerprint density at radius 2 is 2.33 bits per heavy atom. The highest BCUT2D eigenvalue weighted by Crippen LogP contribution is 2.23. The van der Waals surface area contributed by atoms with Crippen LogP contribution in [0, 0.1) is 5.82 Å². The van der Waals surface area contributed by atoms with Crippen LogP contribution in [0.4, 0.5) is 18.9 Å². The van der Waals surface area contributed by atoms with Gasteiger partial charge in [0.25, 0.3) is 0 Å². The van der Waals surface area contributed by atoms with Crippen LogP contribution in [0.15, 0.2) is 18.2 Å². The second-order valence-corrected chi connectivity index (χ2v) is 4.50. The van der Waals surface area contributed by atoms with Crippen molar-refractivity contribution >= 4 is 11.6 Å². The summed E-state index contributed by atoms with van der Waals surface area (Å²) < 4.78 is 46.7. The molecule has 5 nitrogen and oxygen atoms in total. The monoisotopic (exact) mass is 304 g/mol. The van der Waals surface area contributed by atoms with E-state index in [1.807, 2.05) is 0 Å². The van der Waals surface area contributed by atoms with Crippen molar-refractivity contribution in [2.75, 3.05) is 25.1 Å². The Hall–Kier alpha value is -1.80. The highest BCUT2D eigenvalue weighted by atomic mass is 19.3. The van der Waals surface area contributed by atoms with Gasteiger partial charge in [0, 0.05) is 30.8 Å². The second kappa shape index (κ2) is 7.28. The number of carbonyl (C=O) groups is 1. The number of anilines is 1. The van der Waals surface area contributed by atoms with Crippen molar-refractivity contribution in [3.8, 4) is 5.75 Å². The lowest BCUT2D eigenvalue weighted by Crippen LogP contribution is -2.43. The molecule has 1 atom stereocenters. The fourth-order valence-electron chi connectivity index (χ4n) is 1.96. The molecule has 0 spiro atoms. The van der Waals surface area contributed by atoms with Gasteiger partial charge in [0.1, 0.15) is 0 Å². The van der Waals surface area contributed by atoms with E-state index in [9.17, 15) is 18.0 Å². The topological polar surface area (TPSA) is 59.6 Å². The van der Waals surface area contributed by atoms with Gasteiger partial charge in [0.2, 0.25) is 5.91 Å². The Morgan fingerprint density at radius 1 is 1.52 bits per heavy atom. The van der Waals surface area contributed by atoms with Crippen LogP contribution in [0.25, 0.3) is 0 Å². The molecule has 1 amide bonds. The molecule has 116 valence electrons. The molecule has 1 aromatic carbocycles. The lowest BCUT2D eigenvalue weighted by Gasteiger charge is -2.23. The van der Waals surface area contributed by atoms with E-state index in [0.717, 1.165) is 12.1 Å². The molecule has 1 unspecified atom stereocenters. The highest BCUT2D eigenvalue weighted by Gasteiger charge is 2.17. The smallest absolute Gasteiger partial charge is 0.387 e. The van der Waals surface area contributed by atoms with Crippen LogP contribution in [0.2, 0.25) is 0 Å². The van der Waals surface area contributed by atoms with Gasteiger partial charge in [-0.15, -0.1) is 0 Å². The number of carbonyl (C=O) groups excluding carboxylic acids is 1. The predicted octanol–water partition coefficient (Wildman–Crippen LogP) is 1.74. The van der Waals surface area contributed by atoms with Crippen LogP contribution in [0.1, 0.15) is 6.42 Å². The first kappa shape index (κ1) is 15.6. The van der Waals surface area contributed by atoms with E-state index in [1.165, 1.54) is 6.07 Å². The maximum Gasteiger partial charge on any atom is 0.387 e. The molecule has 0 saturated carbocycles. The number of ether oxygens (including phenoxy) is 2. The van der Waals surface area contributed by atoms with Crippen molar-refractivity contribution in [1.82, 2.24) is 5.32 Å². The molecule has 1 aromatic rings. The van der Waals surface area contributed by atoms with Gasteiger partial charge in [-0.25, -0.2) is 4.39 Å². The molecular formula is C13H15F3N2O3. The van der Waals surface area contributed by atoms with E-state index < -0.39 is 18.2 Å². The fourth-order valence-corrected chi connectivity index (χ4v) is 1.96. The quantitative estimate of drug-likeness (QED) is 0.870. The minimum absolute atomic E-state index is 0.0926. The minimum atomic E-state index is -3.10. The third kappa shape index (κ3) is 4.91. The Balaban J connectivity index is 1.89. The van der Waals surface area contributed by atoms with Crippen molar-refractivity contribution in [2.24, 2.45) is 0 Å². The summed E-state index contributed by atoms with van der Waals surface area (Å²) >= 11 is 0. The molecule has 21 heavy (non-hydrogen) atoms. The summed E-state index contributed by atoms with van der Waals surface area (Å²) in [7, 11) is 0. The largest absolute Gasteiger partial charge is 0.432 e. The predicted molar refractivity (Wildman–Crippen MR) is 68.9 cm³/mol. The highest BCUT2D eigenvalue weighted by molar-refractivity contribution is 5.91. The average molecular weight is 304 g/mol. The summed E-state index contributed by atoms with van der Waals surface area (Å²) in [4.78, 5) is 11.8. The number of hydrogen-bond acceptors (Lipinski definition) is 4. The van der Waals surface area contributed by atoms with E-state index in [0.29, 0.717) is 19.8 Å². The Morgan fingerprint density at radius 3 is 2.95 bits per heavy atom. The van der Waals surface area contributed by atoms with Gasteiger partial charge in [-0.05, 0) is 12.1 Å². The number of alkyl halides is 2. The van der Waals surface area contributed by atoms with E-state index in [2.05, 4.69) is 15.4 Å². The molecule has 1 aliphatic rings. The van der Waals surface area contributed by atoms with Crippen molar-refractivity contribution in [3.63, 3.8) is 0 Å². The van der Waals surface area contributed by atoms with Gasteiger partial charge in [-0.3, -0.25) is 4.79 Å². The number of nitrogens with one attached hydrogen (secondary N) is 2. The van der Waals surface area contributed by atoms with E-state index in [1.54, 1.807) is 0 Å². The SMILES string of the molecule is O=C(CC1COCCN1)Nc1ccc(OC(F)F)c(F)c1. The van der Waals surface area contributed by atoms with Gasteiger partial charge >= 0.3 is 6.61 Å². The first-order chi connectivity index (χ1) is 10.0. The summed E-state index contributed by atoms with van der Waals surface area (Å²) in [6.45, 7) is -1.39. The molecule has 8 heteroatoms. The number of hydrogen-bond donors (Lipinski definition) is 2. The Kier molecular flexibility index (Phi) is 5.40. The van der Waals surface area contributed by atoms with Crippen LogP contribution < -0.4 is 15.4 Å². The molecule has 1 aliphatic heterocycles. The van der Waals surface area contributed by atoms with Crippen LogP contribution >= 0.6 is 0 Å². The molecule has 0 radical (unpaired) electrons. The summed E-state index contributed by atoms with van der Waals surface area (Å²) in [5.74, 6) is -1.85.